The Labute approximate surface area is 180 Å². The number of rotatable bonds is 4. The average Bonchev–Trinajstić information content (AvgIpc) is 2.69. The lowest BCUT2D eigenvalue weighted by Crippen LogP contribution is -2.43. The number of nitrogens with one attached hydrogen (secondary N) is 2. The first-order valence-corrected chi connectivity index (χ1v) is 10.0. The van der Waals surface area contributed by atoms with Gasteiger partial charge >= 0.3 is 6.03 Å². The molecule has 0 atom stereocenters. The fourth-order valence-corrected chi connectivity index (χ4v) is 3.38. The molecule has 0 aliphatic carbocycles. The van der Waals surface area contributed by atoms with E-state index in [4.69, 9.17) is 27.9 Å². The van der Waals surface area contributed by atoms with Gasteiger partial charge in [0.05, 0.1) is 28.8 Å². The Morgan fingerprint density at radius 2 is 1.76 bits per heavy atom. The minimum absolute atomic E-state index is 0.0755. The summed E-state index contributed by atoms with van der Waals surface area (Å²) in [6.45, 7) is 5.93. The Morgan fingerprint density at radius 3 is 2.45 bits per heavy atom. The molecular weight excluding hydrogens is 413 g/mol. The van der Waals surface area contributed by atoms with E-state index in [0.29, 0.717) is 47.6 Å². The van der Waals surface area contributed by atoms with Crippen molar-refractivity contribution in [2.45, 2.75) is 19.4 Å². The summed E-state index contributed by atoms with van der Waals surface area (Å²) in [5, 5.41) is 6.58. The van der Waals surface area contributed by atoms with E-state index in [9.17, 15) is 9.59 Å². The molecule has 0 spiro atoms. The number of benzene rings is 2. The van der Waals surface area contributed by atoms with Crippen molar-refractivity contribution in [2.24, 2.45) is 0 Å². The molecule has 29 heavy (non-hydrogen) atoms. The lowest BCUT2D eigenvalue weighted by atomic mass is 9.94. The quantitative estimate of drug-likeness (QED) is 0.741. The third kappa shape index (κ3) is 5.41. The number of carbonyl (C=O) groups excluding carboxylic acids is 2. The van der Waals surface area contributed by atoms with Gasteiger partial charge in [-0.1, -0.05) is 35.3 Å². The van der Waals surface area contributed by atoms with Crippen LogP contribution in [0.3, 0.4) is 0 Å². The van der Waals surface area contributed by atoms with Gasteiger partial charge in [-0.05, 0) is 49.7 Å². The fraction of sp³-hybridized carbons (Fsp3) is 0.333. The highest BCUT2D eigenvalue weighted by molar-refractivity contribution is 6.42. The molecule has 8 heteroatoms. The first-order valence-electron chi connectivity index (χ1n) is 9.28. The third-order valence-electron chi connectivity index (χ3n) is 4.73. The molecule has 0 saturated carbocycles. The smallest absolute Gasteiger partial charge is 0.319 e. The van der Waals surface area contributed by atoms with Crippen LogP contribution in [0, 0.1) is 0 Å². The molecule has 0 aromatic heterocycles. The predicted molar refractivity (Wildman–Crippen MR) is 115 cm³/mol. The van der Waals surface area contributed by atoms with E-state index in [1.807, 2.05) is 19.9 Å². The Kier molecular flexibility index (Phi) is 6.67. The number of halogens is 2. The largest absolute Gasteiger partial charge is 0.378 e. The normalized spacial score (nSPS) is 14.4. The molecule has 6 nitrogen and oxygen atoms in total. The van der Waals surface area contributed by atoms with Gasteiger partial charge in [-0.25, -0.2) is 4.79 Å². The van der Waals surface area contributed by atoms with Crippen LogP contribution in [0.25, 0.3) is 0 Å². The molecule has 1 heterocycles. The number of ether oxygens (including phenoxy) is 1. The molecule has 1 saturated heterocycles. The van der Waals surface area contributed by atoms with Crippen LogP contribution in [-0.4, -0.2) is 43.1 Å². The number of carbonyl (C=O) groups is 2. The van der Waals surface area contributed by atoms with Crippen LogP contribution >= 0.6 is 23.2 Å². The summed E-state index contributed by atoms with van der Waals surface area (Å²) >= 11 is 12.1. The van der Waals surface area contributed by atoms with Crippen molar-refractivity contribution in [1.29, 1.82) is 0 Å². The van der Waals surface area contributed by atoms with Crippen LogP contribution in [-0.2, 0) is 10.3 Å². The van der Waals surface area contributed by atoms with E-state index in [1.165, 1.54) is 0 Å². The second-order valence-corrected chi connectivity index (χ2v) is 8.13. The topological polar surface area (TPSA) is 70.7 Å². The molecule has 2 N–H and O–H groups in total. The summed E-state index contributed by atoms with van der Waals surface area (Å²) in [5.41, 5.74) is 1.19. The zero-order valence-electron chi connectivity index (χ0n) is 16.3. The van der Waals surface area contributed by atoms with Crippen molar-refractivity contribution in [1.82, 2.24) is 10.2 Å². The highest BCUT2D eigenvalue weighted by Crippen LogP contribution is 2.28. The van der Waals surface area contributed by atoms with Gasteiger partial charge in [0.2, 0.25) is 0 Å². The molecule has 154 valence electrons. The summed E-state index contributed by atoms with van der Waals surface area (Å²) in [5.74, 6) is -0.0755. The minimum Gasteiger partial charge on any atom is -0.378 e. The second kappa shape index (κ2) is 9.03. The molecule has 3 amide bonds. The summed E-state index contributed by atoms with van der Waals surface area (Å²) < 4.78 is 5.28. The molecule has 2 aromatic rings. The average molecular weight is 436 g/mol. The Hall–Kier alpha value is -2.28. The van der Waals surface area contributed by atoms with Gasteiger partial charge < -0.3 is 20.3 Å². The Balaban J connectivity index is 1.67. The summed E-state index contributed by atoms with van der Waals surface area (Å²) in [4.78, 5) is 26.9. The van der Waals surface area contributed by atoms with Crippen molar-refractivity contribution in [2.75, 3.05) is 31.6 Å². The SMILES string of the molecule is CC(C)(NC(=O)Nc1cccc(C(=O)N2CCOCC2)c1)c1ccc(Cl)c(Cl)c1. The lowest BCUT2D eigenvalue weighted by molar-refractivity contribution is 0.0303. The number of amides is 3. The second-order valence-electron chi connectivity index (χ2n) is 7.32. The maximum atomic E-state index is 12.6. The van der Waals surface area contributed by atoms with Crippen LogP contribution < -0.4 is 10.6 Å². The molecular formula is C21H23Cl2N3O3. The van der Waals surface area contributed by atoms with Crippen LogP contribution in [0.5, 0.6) is 0 Å². The van der Waals surface area contributed by atoms with Crippen molar-refractivity contribution in [3.8, 4) is 0 Å². The van der Waals surface area contributed by atoms with E-state index >= 15 is 0 Å². The molecule has 0 unspecified atom stereocenters. The third-order valence-corrected chi connectivity index (χ3v) is 5.47. The Bertz CT molecular complexity index is 912. The maximum absolute atomic E-state index is 12.6. The molecule has 0 bridgehead atoms. The predicted octanol–water partition coefficient (Wildman–Crippen LogP) is 4.52. The van der Waals surface area contributed by atoms with E-state index < -0.39 is 11.6 Å². The highest BCUT2D eigenvalue weighted by atomic mass is 35.5. The zero-order valence-corrected chi connectivity index (χ0v) is 17.8. The van der Waals surface area contributed by atoms with Gasteiger partial charge in [0, 0.05) is 24.3 Å². The standard InChI is InChI=1S/C21H23Cl2N3O3/c1-21(2,15-6-7-17(22)18(23)13-15)25-20(28)24-16-5-3-4-14(12-16)19(27)26-8-10-29-11-9-26/h3-7,12-13H,8-11H2,1-2H3,(H2,24,25,28). The molecule has 1 aliphatic heterocycles. The molecule has 1 aliphatic rings. The number of anilines is 1. The molecule has 2 aromatic carbocycles. The van der Waals surface area contributed by atoms with Gasteiger partial charge in [0.1, 0.15) is 0 Å². The lowest BCUT2D eigenvalue weighted by Gasteiger charge is -2.28. The highest BCUT2D eigenvalue weighted by Gasteiger charge is 2.24. The zero-order chi connectivity index (χ0) is 21.0. The van der Waals surface area contributed by atoms with E-state index in [-0.39, 0.29) is 5.91 Å². The first kappa shape index (κ1) is 21.4. The van der Waals surface area contributed by atoms with Gasteiger partial charge in [-0.3, -0.25) is 4.79 Å². The van der Waals surface area contributed by atoms with Gasteiger partial charge in [-0.15, -0.1) is 0 Å². The number of nitrogens with zero attached hydrogens (tertiary/aromatic N) is 1. The van der Waals surface area contributed by atoms with Gasteiger partial charge in [-0.2, -0.15) is 0 Å². The number of morpholine rings is 1. The number of hydrogen-bond acceptors (Lipinski definition) is 3. The van der Waals surface area contributed by atoms with Gasteiger partial charge in [0.25, 0.3) is 5.91 Å². The fourth-order valence-electron chi connectivity index (χ4n) is 3.08. The van der Waals surface area contributed by atoms with Crippen LogP contribution in [0.2, 0.25) is 10.0 Å². The van der Waals surface area contributed by atoms with E-state index in [1.54, 1.807) is 41.3 Å². The Morgan fingerprint density at radius 1 is 1.03 bits per heavy atom. The van der Waals surface area contributed by atoms with Crippen LogP contribution in [0.4, 0.5) is 10.5 Å². The summed E-state index contributed by atoms with van der Waals surface area (Å²) in [6, 6.07) is 11.7. The molecule has 3 rings (SSSR count). The van der Waals surface area contributed by atoms with Crippen molar-refractivity contribution in [3.05, 3.63) is 63.6 Å². The first-order chi connectivity index (χ1) is 13.8. The maximum Gasteiger partial charge on any atom is 0.319 e. The summed E-state index contributed by atoms with van der Waals surface area (Å²) in [6.07, 6.45) is 0. The van der Waals surface area contributed by atoms with E-state index in [0.717, 1.165) is 5.56 Å². The van der Waals surface area contributed by atoms with Crippen LogP contribution in [0.1, 0.15) is 29.8 Å². The molecule has 1 fully saturated rings. The monoisotopic (exact) mass is 435 g/mol. The van der Waals surface area contributed by atoms with E-state index in [2.05, 4.69) is 10.6 Å². The van der Waals surface area contributed by atoms with Crippen molar-refractivity contribution < 1.29 is 14.3 Å². The van der Waals surface area contributed by atoms with Crippen molar-refractivity contribution >= 4 is 40.8 Å². The summed E-state index contributed by atoms with van der Waals surface area (Å²) in [7, 11) is 0. The molecule has 0 radical (unpaired) electrons. The number of hydrogen-bond donors (Lipinski definition) is 2. The number of urea groups is 1. The van der Waals surface area contributed by atoms with Crippen LogP contribution in [0.15, 0.2) is 42.5 Å². The van der Waals surface area contributed by atoms with Crippen molar-refractivity contribution in [3.63, 3.8) is 0 Å². The minimum atomic E-state index is -0.681. The van der Waals surface area contributed by atoms with Gasteiger partial charge in [0.15, 0.2) is 0 Å².